The van der Waals surface area contributed by atoms with Crippen molar-refractivity contribution >= 4 is 45.1 Å². The van der Waals surface area contributed by atoms with Gasteiger partial charge in [-0.2, -0.15) is 0 Å². The largest absolute Gasteiger partial charge is 0.293 e. The molecule has 28 heavy (non-hydrogen) atoms. The normalized spacial score (nSPS) is 11.1. The molecule has 2 aromatic carbocycles. The molecule has 5 nitrogen and oxygen atoms in total. The molecule has 148 valence electrons. The van der Waals surface area contributed by atoms with Crippen molar-refractivity contribution in [2.24, 2.45) is 0 Å². The number of ketones is 1. The van der Waals surface area contributed by atoms with Crippen LogP contribution in [0.1, 0.15) is 51.8 Å². The molecule has 0 N–H and O–H groups in total. The number of benzene rings is 2. The minimum Gasteiger partial charge on any atom is -0.293 e. The fraction of sp³-hybridized carbons (Fsp3) is 0.286. The van der Waals surface area contributed by atoms with E-state index in [9.17, 15) is 14.4 Å². The summed E-state index contributed by atoms with van der Waals surface area (Å²) in [6, 6.07) is 13.3. The van der Waals surface area contributed by atoms with Gasteiger partial charge in [0, 0.05) is 22.6 Å². The van der Waals surface area contributed by atoms with Gasteiger partial charge in [-0.3, -0.25) is 14.4 Å². The minimum absolute atomic E-state index is 0.120. The molecule has 0 atom stereocenters. The lowest BCUT2D eigenvalue weighted by Gasteiger charge is -2.41. The van der Waals surface area contributed by atoms with E-state index in [0.29, 0.717) is 21.2 Å². The SMILES string of the molecule is CN(C(=O)c1ccc(C(=O)CCl)cc1)N(C(=O)c1ccccc1Br)C(C)(C)C. The average molecular weight is 466 g/mol. The van der Waals surface area contributed by atoms with Crippen molar-refractivity contribution < 1.29 is 14.4 Å². The molecule has 2 rings (SSSR count). The summed E-state index contributed by atoms with van der Waals surface area (Å²) in [5, 5.41) is 2.73. The Morgan fingerprint density at radius 3 is 1.96 bits per heavy atom. The Kier molecular flexibility index (Phi) is 7.01. The maximum Gasteiger partial charge on any atom is 0.274 e. The number of nitrogens with zero attached hydrogens (tertiary/aromatic N) is 2. The zero-order valence-corrected chi connectivity index (χ0v) is 18.5. The van der Waals surface area contributed by atoms with Gasteiger partial charge in [-0.25, -0.2) is 10.0 Å². The maximum atomic E-state index is 13.2. The highest BCUT2D eigenvalue weighted by molar-refractivity contribution is 9.10. The third-order valence-corrected chi connectivity index (χ3v) is 5.04. The van der Waals surface area contributed by atoms with Crippen LogP contribution in [-0.2, 0) is 0 Å². The van der Waals surface area contributed by atoms with Crippen molar-refractivity contribution in [1.82, 2.24) is 10.0 Å². The minimum atomic E-state index is -0.648. The molecule has 2 amide bonds. The standard InChI is InChI=1S/C21H22BrClN2O3/c1-21(2,3)25(20(28)16-7-5-6-8-17(16)22)24(4)19(27)15-11-9-14(10-12-15)18(26)13-23/h5-12H,13H2,1-4H3. The number of halogens is 2. The number of alkyl halides is 1. The van der Waals surface area contributed by atoms with Gasteiger partial charge in [0.25, 0.3) is 11.8 Å². The number of carbonyl (C=O) groups excluding carboxylic acids is 3. The summed E-state index contributed by atoms with van der Waals surface area (Å²) >= 11 is 8.96. The highest BCUT2D eigenvalue weighted by atomic mass is 79.9. The molecule has 0 aliphatic rings. The molecule has 0 aliphatic heterocycles. The predicted molar refractivity (Wildman–Crippen MR) is 114 cm³/mol. The van der Waals surface area contributed by atoms with E-state index < -0.39 is 5.54 Å². The molecule has 0 radical (unpaired) electrons. The number of amides is 2. The molecule has 0 spiro atoms. The molecule has 0 fully saturated rings. The second-order valence-electron chi connectivity index (χ2n) is 7.23. The zero-order chi connectivity index (χ0) is 21.1. The van der Waals surface area contributed by atoms with Gasteiger partial charge >= 0.3 is 0 Å². The Bertz CT molecular complexity index is 891. The van der Waals surface area contributed by atoms with Crippen molar-refractivity contribution in [2.75, 3.05) is 12.9 Å². The van der Waals surface area contributed by atoms with E-state index in [1.54, 1.807) is 49.5 Å². The molecule has 0 aliphatic carbocycles. The van der Waals surface area contributed by atoms with Crippen molar-refractivity contribution in [2.45, 2.75) is 26.3 Å². The molecule has 0 unspecified atom stereocenters. The van der Waals surface area contributed by atoms with Crippen molar-refractivity contribution in [3.05, 3.63) is 69.7 Å². The van der Waals surface area contributed by atoms with E-state index in [-0.39, 0.29) is 23.5 Å². The second kappa shape index (κ2) is 8.88. The number of hydrazine groups is 1. The first-order chi connectivity index (χ1) is 13.1. The van der Waals surface area contributed by atoms with Gasteiger partial charge in [0.1, 0.15) is 0 Å². The molecule has 2 aromatic rings. The van der Waals surface area contributed by atoms with Gasteiger partial charge in [0.2, 0.25) is 0 Å². The van der Waals surface area contributed by atoms with E-state index >= 15 is 0 Å². The monoisotopic (exact) mass is 464 g/mol. The molecular weight excluding hydrogens is 444 g/mol. The fourth-order valence-corrected chi connectivity index (χ4v) is 3.40. The number of hydrogen-bond donors (Lipinski definition) is 0. The van der Waals surface area contributed by atoms with E-state index in [2.05, 4.69) is 15.9 Å². The molecular formula is C21H22BrClN2O3. The summed E-state index contributed by atoms with van der Waals surface area (Å²) in [5.74, 6) is -0.995. The van der Waals surface area contributed by atoms with Crippen molar-refractivity contribution in [1.29, 1.82) is 0 Å². The van der Waals surface area contributed by atoms with Crippen LogP contribution >= 0.6 is 27.5 Å². The predicted octanol–water partition coefficient (Wildman–Crippen LogP) is 4.80. The summed E-state index contributed by atoms with van der Waals surface area (Å²) < 4.78 is 0.652. The van der Waals surface area contributed by atoms with Gasteiger partial charge in [0.05, 0.1) is 17.0 Å². The molecule has 0 heterocycles. The van der Waals surface area contributed by atoms with Gasteiger partial charge in [-0.15, -0.1) is 11.6 Å². The van der Waals surface area contributed by atoms with Crippen LogP contribution in [0.15, 0.2) is 53.0 Å². The number of carbonyl (C=O) groups is 3. The van der Waals surface area contributed by atoms with Crippen molar-refractivity contribution in [3.8, 4) is 0 Å². The summed E-state index contributed by atoms with van der Waals surface area (Å²) in [6.07, 6.45) is 0. The van der Waals surface area contributed by atoms with Crippen LogP contribution in [0.2, 0.25) is 0 Å². The smallest absolute Gasteiger partial charge is 0.274 e. The lowest BCUT2D eigenvalue weighted by molar-refractivity contribution is -0.0308. The lowest BCUT2D eigenvalue weighted by Crippen LogP contribution is -2.56. The van der Waals surface area contributed by atoms with Crippen LogP contribution in [0.4, 0.5) is 0 Å². The Morgan fingerprint density at radius 1 is 0.929 bits per heavy atom. The van der Waals surface area contributed by atoms with Crippen molar-refractivity contribution in [3.63, 3.8) is 0 Å². The number of Topliss-reactive ketones (excluding diaryl/α,β-unsaturated/α-hetero) is 1. The first-order valence-corrected chi connectivity index (χ1v) is 9.97. The Morgan fingerprint density at radius 2 is 1.46 bits per heavy atom. The molecule has 7 heteroatoms. The van der Waals surface area contributed by atoms with Gasteiger partial charge < -0.3 is 0 Å². The molecule has 0 saturated heterocycles. The third kappa shape index (κ3) is 4.80. The first kappa shape index (κ1) is 22.1. The highest BCUT2D eigenvalue weighted by Gasteiger charge is 2.34. The first-order valence-electron chi connectivity index (χ1n) is 8.64. The van der Waals surface area contributed by atoms with Crippen LogP contribution < -0.4 is 0 Å². The molecule has 0 bridgehead atoms. The van der Waals surface area contributed by atoms with Crippen LogP contribution in [0, 0.1) is 0 Å². The van der Waals surface area contributed by atoms with Gasteiger partial charge in [-0.05, 0) is 61.0 Å². The molecule has 0 aromatic heterocycles. The Balaban J connectivity index is 2.36. The summed E-state index contributed by atoms with van der Waals surface area (Å²) in [6.45, 7) is 5.56. The molecule has 0 saturated carbocycles. The number of rotatable bonds is 4. The lowest BCUT2D eigenvalue weighted by atomic mass is 10.1. The van der Waals surface area contributed by atoms with Gasteiger partial charge in [-0.1, -0.05) is 24.3 Å². The van der Waals surface area contributed by atoms with Crippen LogP contribution in [0.5, 0.6) is 0 Å². The topological polar surface area (TPSA) is 57.7 Å². The van der Waals surface area contributed by atoms with Crippen LogP contribution in [-0.4, -0.2) is 46.1 Å². The van der Waals surface area contributed by atoms with E-state index in [1.807, 2.05) is 26.8 Å². The van der Waals surface area contributed by atoms with Crippen LogP contribution in [0.3, 0.4) is 0 Å². The van der Waals surface area contributed by atoms with E-state index in [1.165, 1.54) is 10.0 Å². The highest BCUT2D eigenvalue weighted by Crippen LogP contribution is 2.25. The van der Waals surface area contributed by atoms with Gasteiger partial charge in [0.15, 0.2) is 5.78 Å². The van der Waals surface area contributed by atoms with E-state index in [0.717, 1.165) is 0 Å². The quantitative estimate of drug-likeness (QED) is 0.370. The third-order valence-electron chi connectivity index (χ3n) is 4.10. The fourth-order valence-electron chi connectivity index (χ4n) is 2.79. The zero-order valence-electron chi connectivity index (χ0n) is 16.2. The average Bonchev–Trinajstić information content (AvgIpc) is 2.66. The van der Waals surface area contributed by atoms with Crippen LogP contribution in [0.25, 0.3) is 0 Å². The maximum absolute atomic E-state index is 13.2. The van der Waals surface area contributed by atoms with E-state index in [4.69, 9.17) is 11.6 Å². The Hall–Kier alpha value is -2.18. The summed E-state index contributed by atoms with van der Waals surface area (Å²) in [7, 11) is 1.56. The second-order valence-corrected chi connectivity index (χ2v) is 8.35. The summed E-state index contributed by atoms with van der Waals surface area (Å²) in [5.41, 5.74) is 0.611. The number of hydrogen-bond acceptors (Lipinski definition) is 3. The summed E-state index contributed by atoms with van der Waals surface area (Å²) in [4.78, 5) is 37.9. The Labute approximate surface area is 178 Å².